The number of likely N-dealkylation sites (tertiary alicyclic amines) is 1. The fourth-order valence-corrected chi connectivity index (χ4v) is 3.49. The van der Waals surface area contributed by atoms with Crippen LogP contribution in [-0.4, -0.2) is 53.9 Å². The first kappa shape index (κ1) is 20.0. The van der Waals surface area contributed by atoms with E-state index in [9.17, 15) is 14.7 Å². The summed E-state index contributed by atoms with van der Waals surface area (Å²) in [5.74, 6) is -1.48. The lowest BCUT2D eigenvalue weighted by atomic mass is 9.96. The number of hydrogen-bond acceptors (Lipinski definition) is 4. The Kier molecular flexibility index (Phi) is 6.11. The molecule has 1 aliphatic rings. The van der Waals surface area contributed by atoms with Gasteiger partial charge >= 0.3 is 0 Å². The Morgan fingerprint density at radius 3 is 2.54 bits per heavy atom. The highest BCUT2D eigenvalue weighted by Crippen LogP contribution is 2.39. The number of carbonyl (C=O) groups is 2. The summed E-state index contributed by atoms with van der Waals surface area (Å²) in [6.45, 7) is 1.28. The molecule has 7 heteroatoms. The maximum Gasteiger partial charge on any atom is 0.295 e. The van der Waals surface area contributed by atoms with Gasteiger partial charge in [0.25, 0.3) is 11.7 Å². The molecule has 0 saturated carbocycles. The number of pyridine rings is 1. The minimum absolute atomic E-state index is 0.0810. The van der Waals surface area contributed by atoms with Crippen LogP contribution in [0.2, 0.25) is 5.02 Å². The van der Waals surface area contributed by atoms with Gasteiger partial charge in [-0.05, 0) is 35.9 Å². The molecular formula is C21H23ClN3O3+. The van der Waals surface area contributed by atoms with Gasteiger partial charge in [0, 0.05) is 35.9 Å². The molecule has 0 radical (unpaired) electrons. The average molecular weight is 401 g/mol. The number of hydrogen-bond donors (Lipinski definition) is 2. The number of quaternary nitrogens is 1. The SMILES string of the molecule is C[NH+](C)CCCN1C(=O)C(=O)C(=C(O)c2ccc(Cl)cc2)[C@H]1c1cccnc1. The molecule has 1 aliphatic heterocycles. The summed E-state index contributed by atoms with van der Waals surface area (Å²) >= 11 is 5.92. The number of aromatic nitrogens is 1. The Balaban J connectivity index is 2.06. The summed E-state index contributed by atoms with van der Waals surface area (Å²) in [6, 6.07) is 9.41. The van der Waals surface area contributed by atoms with Crippen LogP contribution in [0, 0.1) is 0 Å². The molecule has 1 atom stereocenters. The number of benzene rings is 1. The van der Waals surface area contributed by atoms with Crippen molar-refractivity contribution in [3.8, 4) is 0 Å². The monoisotopic (exact) mass is 400 g/mol. The summed E-state index contributed by atoms with van der Waals surface area (Å²) < 4.78 is 0. The second-order valence-corrected chi connectivity index (χ2v) is 7.53. The van der Waals surface area contributed by atoms with Crippen LogP contribution in [0.3, 0.4) is 0 Å². The van der Waals surface area contributed by atoms with Crippen LogP contribution in [0.4, 0.5) is 0 Å². The molecule has 2 heterocycles. The topological polar surface area (TPSA) is 74.9 Å². The molecule has 0 unspecified atom stereocenters. The number of aliphatic hydroxyl groups excluding tert-OH is 1. The van der Waals surface area contributed by atoms with Gasteiger partial charge in [0.1, 0.15) is 5.76 Å². The Morgan fingerprint density at radius 1 is 1.21 bits per heavy atom. The zero-order valence-corrected chi connectivity index (χ0v) is 16.6. The first-order valence-corrected chi connectivity index (χ1v) is 9.51. The van der Waals surface area contributed by atoms with Gasteiger partial charge in [0.2, 0.25) is 0 Å². The van der Waals surface area contributed by atoms with Crippen molar-refractivity contribution in [1.29, 1.82) is 0 Å². The van der Waals surface area contributed by atoms with Gasteiger partial charge in [-0.3, -0.25) is 14.6 Å². The molecule has 2 N–H and O–H groups in total. The first-order chi connectivity index (χ1) is 13.4. The predicted molar refractivity (Wildman–Crippen MR) is 107 cm³/mol. The largest absolute Gasteiger partial charge is 0.507 e. The molecule has 1 saturated heterocycles. The van der Waals surface area contributed by atoms with Crippen LogP contribution >= 0.6 is 11.6 Å². The van der Waals surface area contributed by atoms with E-state index in [1.165, 1.54) is 9.80 Å². The summed E-state index contributed by atoms with van der Waals surface area (Å²) in [7, 11) is 4.07. The standard InChI is InChI=1S/C21H22ClN3O3/c1-24(2)11-4-12-25-18(15-5-3-10-23-13-15)17(20(27)21(25)28)19(26)14-6-8-16(22)9-7-14/h3,5-10,13,18,26H,4,11-12H2,1-2H3/p+1/t18-/m1/s1. The molecule has 0 spiro atoms. The Bertz CT molecular complexity index is 895. The minimum atomic E-state index is -0.682. The lowest BCUT2D eigenvalue weighted by Gasteiger charge is -2.25. The number of aliphatic hydroxyl groups is 1. The summed E-state index contributed by atoms with van der Waals surface area (Å²) in [4.78, 5) is 32.5. The van der Waals surface area contributed by atoms with Crippen LogP contribution in [0.5, 0.6) is 0 Å². The maximum atomic E-state index is 12.8. The second-order valence-electron chi connectivity index (χ2n) is 7.10. The van der Waals surface area contributed by atoms with E-state index >= 15 is 0 Å². The number of nitrogens with zero attached hydrogens (tertiary/aromatic N) is 2. The van der Waals surface area contributed by atoms with E-state index in [0.29, 0.717) is 22.7 Å². The van der Waals surface area contributed by atoms with E-state index < -0.39 is 17.7 Å². The Labute approximate surface area is 169 Å². The molecule has 2 aromatic rings. The quantitative estimate of drug-likeness (QED) is 0.439. The number of amides is 1. The van der Waals surface area contributed by atoms with Crippen LogP contribution in [-0.2, 0) is 9.59 Å². The van der Waals surface area contributed by atoms with Crippen LogP contribution < -0.4 is 4.90 Å². The molecule has 6 nitrogen and oxygen atoms in total. The van der Waals surface area contributed by atoms with E-state index in [2.05, 4.69) is 4.98 Å². The van der Waals surface area contributed by atoms with Gasteiger partial charge in [0.15, 0.2) is 0 Å². The van der Waals surface area contributed by atoms with E-state index in [-0.39, 0.29) is 11.3 Å². The van der Waals surface area contributed by atoms with Crippen molar-refractivity contribution in [2.45, 2.75) is 12.5 Å². The van der Waals surface area contributed by atoms with Crippen LogP contribution in [0.15, 0.2) is 54.4 Å². The van der Waals surface area contributed by atoms with Gasteiger partial charge in [-0.2, -0.15) is 0 Å². The van der Waals surface area contributed by atoms with Crippen molar-refractivity contribution in [3.05, 3.63) is 70.5 Å². The Morgan fingerprint density at radius 2 is 1.93 bits per heavy atom. The van der Waals surface area contributed by atoms with Gasteiger partial charge < -0.3 is 14.9 Å². The molecule has 1 aromatic heterocycles. The smallest absolute Gasteiger partial charge is 0.295 e. The van der Waals surface area contributed by atoms with Gasteiger partial charge in [-0.15, -0.1) is 0 Å². The molecule has 146 valence electrons. The lowest BCUT2D eigenvalue weighted by molar-refractivity contribution is -0.858. The molecule has 1 fully saturated rings. The third-order valence-electron chi connectivity index (χ3n) is 4.73. The van der Waals surface area contributed by atoms with Crippen LogP contribution in [0.25, 0.3) is 5.76 Å². The molecular weight excluding hydrogens is 378 g/mol. The second kappa shape index (κ2) is 8.54. The van der Waals surface area contributed by atoms with Crippen LogP contribution in [0.1, 0.15) is 23.6 Å². The summed E-state index contributed by atoms with van der Waals surface area (Å²) in [6.07, 6.45) is 3.99. The number of rotatable bonds is 6. The number of Topliss-reactive ketones (excluding diaryl/α,β-unsaturated/α-hetero) is 1. The highest BCUT2D eigenvalue weighted by Gasteiger charge is 2.45. The molecule has 1 aromatic carbocycles. The fourth-order valence-electron chi connectivity index (χ4n) is 3.36. The van der Waals surface area contributed by atoms with E-state index in [4.69, 9.17) is 11.6 Å². The van der Waals surface area contributed by atoms with E-state index in [1.807, 2.05) is 20.2 Å². The normalized spacial score (nSPS) is 18.9. The molecule has 0 aliphatic carbocycles. The summed E-state index contributed by atoms with van der Waals surface area (Å²) in [5, 5.41) is 11.4. The highest BCUT2D eigenvalue weighted by atomic mass is 35.5. The molecule has 1 amide bonds. The van der Waals surface area contributed by atoms with Crippen molar-refractivity contribution in [2.75, 3.05) is 27.2 Å². The number of nitrogens with one attached hydrogen (secondary N) is 1. The fraction of sp³-hybridized carbons (Fsp3) is 0.286. The predicted octanol–water partition coefficient (Wildman–Crippen LogP) is 1.69. The van der Waals surface area contributed by atoms with E-state index in [1.54, 1.807) is 42.7 Å². The number of halogens is 1. The zero-order valence-electron chi connectivity index (χ0n) is 15.9. The molecule has 3 rings (SSSR count). The maximum absolute atomic E-state index is 12.8. The van der Waals surface area contributed by atoms with Gasteiger partial charge in [-0.1, -0.05) is 17.7 Å². The first-order valence-electron chi connectivity index (χ1n) is 9.13. The third kappa shape index (κ3) is 4.08. The highest BCUT2D eigenvalue weighted by molar-refractivity contribution is 6.46. The third-order valence-corrected chi connectivity index (χ3v) is 4.99. The summed E-state index contributed by atoms with van der Waals surface area (Å²) in [5.41, 5.74) is 1.21. The average Bonchev–Trinajstić information content (AvgIpc) is 2.93. The van der Waals surface area contributed by atoms with Crippen molar-refractivity contribution in [3.63, 3.8) is 0 Å². The molecule has 0 bridgehead atoms. The number of ketones is 1. The minimum Gasteiger partial charge on any atom is -0.507 e. The van der Waals surface area contributed by atoms with Crippen molar-refractivity contribution < 1.29 is 19.6 Å². The van der Waals surface area contributed by atoms with Gasteiger partial charge in [0.05, 0.1) is 32.3 Å². The zero-order chi connectivity index (χ0) is 20.3. The molecule has 28 heavy (non-hydrogen) atoms. The van der Waals surface area contributed by atoms with Gasteiger partial charge in [-0.25, -0.2) is 0 Å². The lowest BCUT2D eigenvalue weighted by Crippen LogP contribution is -3.05. The Hall–Kier alpha value is -2.70. The number of carbonyl (C=O) groups excluding carboxylic acids is 2. The van der Waals surface area contributed by atoms with Crippen molar-refractivity contribution in [2.24, 2.45) is 0 Å². The van der Waals surface area contributed by atoms with E-state index in [0.717, 1.165) is 13.0 Å². The van der Waals surface area contributed by atoms with Crippen molar-refractivity contribution >= 4 is 29.1 Å². The van der Waals surface area contributed by atoms with Crippen molar-refractivity contribution in [1.82, 2.24) is 9.88 Å².